The number of carbonyl (C=O) groups excluding carboxylic acids is 1. The van der Waals surface area contributed by atoms with E-state index in [2.05, 4.69) is 44.3 Å². The van der Waals surface area contributed by atoms with E-state index in [0.29, 0.717) is 6.54 Å². The van der Waals surface area contributed by atoms with E-state index in [-0.39, 0.29) is 17.3 Å². The Bertz CT molecular complexity index is 521. The standard InChI is InChI=1S/C17H25NO2/c1-16(2,3)11-7-8-12-13(10-18-14(12)9-11)15(19)20-17(4,5)6/h7-9,13,18H,10H2,1-6H3. The first-order chi connectivity index (χ1) is 9.08. The van der Waals surface area contributed by atoms with Crippen molar-refractivity contribution in [1.29, 1.82) is 0 Å². The Hall–Kier alpha value is -1.51. The predicted molar refractivity (Wildman–Crippen MR) is 82.2 cm³/mol. The lowest BCUT2D eigenvalue weighted by atomic mass is 9.85. The minimum atomic E-state index is -0.439. The van der Waals surface area contributed by atoms with Gasteiger partial charge in [-0.15, -0.1) is 0 Å². The highest BCUT2D eigenvalue weighted by Crippen LogP contribution is 2.36. The molecule has 0 aromatic heterocycles. The summed E-state index contributed by atoms with van der Waals surface area (Å²) in [5.74, 6) is -0.342. The van der Waals surface area contributed by atoms with E-state index in [9.17, 15) is 4.79 Å². The number of nitrogens with one attached hydrogen (secondary N) is 1. The van der Waals surface area contributed by atoms with Crippen molar-refractivity contribution >= 4 is 11.7 Å². The van der Waals surface area contributed by atoms with Crippen molar-refractivity contribution in [2.75, 3.05) is 11.9 Å². The molecule has 0 radical (unpaired) electrons. The summed E-state index contributed by atoms with van der Waals surface area (Å²) in [7, 11) is 0. The molecule has 2 rings (SSSR count). The molecule has 3 heteroatoms. The lowest BCUT2D eigenvalue weighted by molar-refractivity contribution is -0.156. The molecule has 0 aliphatic carbocycles. The highest BCUT2D eigenvalue weighted by molar-refractivity contribution is 5.84. The lowest BCUT2D eigenvalue weighted by Gasteiger charge is -2.22. The van der Waals surface area contributed by atoms with Crippen molar-refractivity contribution in [3.8, 4) is 0 Å². The van der Waals surface area contributed by atoms with Gasteiger partial charge in [-0.05, 0) is 43.4 Å². The molecular formula is C17H25NO2. The summed E-state index contributed by atoms with van der Waals surface area (Å²) in [5, 5.41) is 3.33. The molecule has 0 saturated carbocycles. The van der Waals surface area contributed by atoms with Gasteiger partial charge in [0.05, 0.1) is 0 Å². The Labute approximate surface area is 121 Å². The quantitative estimate of drug-likeness (QED) is 0.791. The number of ether oxygens (including phenoxy) is 1. The summed E-state index contributed by atoms with van der Waals surface area (Å²) in [6.45, 7) is 12.9. The Balaban J connectivity index is 2.24. The summed E-state index contributed by atoms with van der Waals surface area (Å²) in [6.07, 6.45) is 0. The van der Waals surface area contributed by atoms with E-state index in [1.165, 1.54) is 5.56 Å². The van der Waals surface area contributed by atoms with Gasteiger partial charge in [-0.1, -0.05) is 32.9 Å². The van der Waals surface area contributed by atoms with Gasteiger partial charge < -0.3 is 10.1 Å². The van der Waals surface area contributed by atoms with E-state index in [1.54, 1.807) is 0 Å². The second-order valence-corrected chi connectivity index (χ2v) is 7.52. The molecule has 1 aliphatic heterocycles. The molecule has 20 heavy (non-hydrogen) atoms. The first-order valence-electron chi connectivity index (χ1n) is 7.19. The van der Waals surface area contributed by atoms with Crippen LogP contribution in [0.5, 0.6) is 0 Å². The zero-order valence-electron chi connectivity index (χ0n) is 13.3. The first-order valence-corrected chi connectivity index (χ1v) is 7.19. The number of fused-ring (bicyclic) bond motifs is 1. The summed E-state index contributed by atoms with van der Waals surface area (Å²) in [4.78, 5) is 12.2. The molecule has 1 unspecified atom stereocenters. The number of rotatable bonds is 1. The molecule has 0 spiro atoms. The molecule has 0 bridgehead atoms. The highest BCUT2D eigenvalue weighted by atomic mass is 16.6. The van der Waals surface area contributed by atoms with Gasteiger partial charge in [0.15, 0.2) is 0 Å². The molecule has 1 N–H and O–H groups in total. The van der Waals surface area contributed by atoms with E-state index in [4.69, 9.17) is 4.74 Å². The van der Waals surface area contributed by atoms with Crippen LogP contribution in [0.1, 0.15) is 58.6 Å². The van der Waals surface area contributed by atoms with Crippen LogP contribution in [0.25, 0.3) is 0 Å². The summed E-state index contributed by atoms with van der Waals surface area (Å²) in [6, 6.07) is 6.33. The summed E-state index contributed by atoms with van der Waals surface area (Å²) < 4.78 is 5.50. The smallest absolute Gasteiger partial charge is 0.315 e. The Morgan fingerprint density at radius 2 is 1.85 bits per heavy atom. The second kappa shape index (κ2) is 4.80. The van der Waals surface area contributed by atoms with Crippen molar-refractivity contribution < 1.29 is 9.53 Å². The Morgan fingerprint density at radius 3 is 2.40 bits per heavy atom. The molecule has 1 aliphatic rings. The molecule has 1 aromatic rings. The fourth-order valence-electron chi connectivity index (χ4n) is 2.38. The molecule has 0 amide bonds. The van der Waals surface area contributed by atoms with Crippen LogP contribution in [-0.4, -0.2) is 18.1 Å². The summed E-state index contributed by atoms with van der Waals surface area (Å²) >= 11 is 0. The maximum atomic E-state index is 12.2. The van der Waals surface area contributed by atoms with Crippen molar-refractivity contribution in [2.45, 2.75) is 58.5 Å². The van der Waals surface area contributed by atoms with Gasteiger partial charge in [-0.25, -0.2) is 0 Å². The van der Waals surface area contributed by atoms with Gasteiger partial charge in [-0.3, -0.25) is 4.79 Å². The Kier molecular flexibility index (Phi) is 3.57. The van der Waals surface area contributed by atoms with Crippen molar-refractivity contribution in [3.05, 3.63) is 29.3 Å². The molecular weight excluding hydrogens is 250 g/mol. The van der Waals surface area contributed by atoms with Crippen LogP contribution in [-0.2, 0) is 14.9 Å². The molecule has 0 fully saturated rings. The minimum absolute atomic E-state index is 0.112. The van der Waals surface area contributed by atoms with Gasteiger partial charge in [0.25, 0.3) is 0 Å². The van der Waals surface area contributed by atoms with Gasteiger partial charge >= 0.3 is 5.97 Å². The lowest BCUT2D eigenvalue weighted by Crippen LogP contribution is -2.28. The van der Waals surface area contributed by atoms with Gasteiger partial charge in [0, 0.05) is 12.2 Å². The van der Waals surface area contributed by atoms with E-state index >= 15 is 0 Å². The van der Waals surface area contributed by atoms with Gasteiger partial charge in [0.1, 0.15) is 11.5 Å². The van der Waals surface area contributed by atoms with Crippen molar-refractivity contribution in [3.63, 3.8) is 0 Å². The average molecular weight is 275 g/mol. The fourth-order valence-corrected chi connectivity index (χ4v) is 2.38. The number of esters is 1. The highest BCUT2D eigenvalue weighted by Gasteiger charge is 2.32. The van der Waals surface area contributed by atoms with Crippen LogP contribution in [0.3, 0.4) is 0 Å². The average Bonchev–Trinajstić information content (AvgIpc) is 2.67. The normalized spacial score (nSPS) is 18.4. The van der Waals surface area contributed by atoms with Crippen LogP contribution >= 0.6 is 0 Å². The summed E-state index contributed by atoms with van der Waals surface area (Å²) in [5.41, 5.74) is 3.06. The van der Waals surface area contributed by atoms with Crippen LogP contribution in [0.2, 0.25) is 0 Å². The molecule has 3 nitrogen and oxygen atoms in total. The van der Waals surface area contributed by atoms with Gasteiger partial charge in [0.2, 0.25) is 0 Å². The third-order valence-corrected chi connectivity index (χ3v) is 3.48. The van der Waals surface area contributed by atoms with Crippen molar-refractivity contribution in [1.82, 2.24) is 0 Å². The number of anilines is 1. The topological polar surface area (TPSA) is 38.3 Å². The molecule has 1 heterocycles. The predicted octanol–water partition coefficient (Wildman–Crippen LogP) is 3.83. The molecule has 0 saturated heterocycles. The van der Waals surface area contributed by atoms with Crippen LogP contribution in [0.4, 0.5) is 5.69 Å². The molecule has 1 aromatic carbocycles. The molecule has 110 valence electrons. The number of hydrogen-bond acceptors (Lipinski definition) is 3. The van der Waals surface area contributed by atoms with Gasteiger partial charge in [-0.2, -0.15) is 0 Å². The maximum absolute atomic E-state index is 12.2. The molecule has 1 atom stereocenters. The first kappa shape index (κ1) is 14.9. The zero-order chi connectivity index (χ0) is 15.1. The van der Waals surface area contributed by atoms with Crippen LogP contribution < -0.4 is 5.32 Å². The van der Waals surface area contributed by atoms with Crippen molar-refractivity contribution in [2.24, 2.45) is 0 Å². The fraction of sp³-hybridized carbons (Fsp3) is 0.588. The van der Waals surface area contributed by atoms with Crippen LogP contribution in [0, 0.1) is 0 Å². The number of hydrogen-bond donors (Lipinski definition) is 1. The SMILES string of the molecule is CC(C)(C)OC(=O)C1CNc2cc(C(C)(C)C)ccc21. The zero-order valence-corrected chi connectivity index (χ0v) is 13.3. The Morgan fingerprint density at radius 1 is 1.20 bits per heavy atom. The largest absolute Gasteiger partial charge is 0.459 e. The third-order valence-electron chi connectivity index (χ3n) is 3.48. The van der Waals surface area contributed by atoms with E-state index in [1.807, 2.05) is 20.8 Å². The van der Waals surface area contributed by atoms with E-state index in [0.717, 1.165) is 11.3 Å². The maximum Gasteiger partial charge on any atom is 0.315 e. The monoisotopic (exact) mass is 275 g/mol. The number of carbonyl (C=O) groups is 1. The second-order valence-electron chi connectivity index (χ2n) is 7.52. The minimum Gasteiger partial charge on any atom is -0.459 e. The van der Waals surface area contributed by atoms with Crippen LogP contribution in [0.15, 0.2) is 18.2 Å². The number of benzene rings is 1. The van der Waals surface area contributed by atoms with E-state index < -0.39 is 5.60 Å². The third kappa shape index (κ3) is 3.14.